The maximum Gasteiger partial charge on any atom is 0.182 e. The minimum Gasteiger partial charge on any atom is -0.196 e. The predicted octanol–water partition coefficient (Wildman–Crippen LogP) is 1.26. The average molecular weight is 194 g/mol. The van der Waals surface area contributed by atoms with E-state index in [1.807, 2.05) is 24.3 Å². The van der Waals surface area contributed by atoms with Gasteiger partial charge in [0.2, 0.25) is 0 Å². The molecule has 0 heterocycles. The van der Waals surface area contributed by atoms with Crippen LogP contribution in [0.5, 0.6) is 0 Å². The van der Waals surface area contributed by atoms with Gasteiger partial charge in [0.1, 0.15) is 0 Å². The van der Waals surface area contributed by atoms with Crippen LogP contribution in [0.4, 0.5) is 0 Å². The largest absolute Gasteiger partial charge is 0.196 e. The van der Waals surface area contributed by atoms with Crippen LogP contribution in [-0.4, -0.2) is 0 Å². The van der Waals surface area contributed by atoms with E-state index in [1.54, 1.807) is 12.2 Å². The molecule has 0 N–H and O–H groups in total. The molecule has 2 rings (SSSR count). The van der Waals surface area contributed by atoms with Crippen LogP contribution in [0, 0.1) is 68.0 Å². The molecule has 70 valence electrons. The van der Waals surface area contributed by atoms with Gasteiger partial charge in [0.25, 0.3) is 0 Å². The highest BCUT2D eigenvalue weighted by Crippen LogP contribution is 2.62. The van der Waals surface area contributed by atoms with Crippen molar-refractivity contribution in [1.82, 2.24) is 0 Å². The number of nitriles is 4. The van der Waals surface area contributed by atoms with Crippen LogP contribution in [-0.2, 0) is 0 Å². The Balaban J connectivity index is 2.74. The first kappa shape index (κ1) is 9.26. The molecule has 4 nitrogen and oxygen atoms in total. The summed E-state index contributed by atoms with van der Waals surface area (Å²) in [4.78, 5) is 0. The third kappa shape index (κ3) is 0.698. The summed E-state index contributed by atoms with van der Waals surface area (Å²) in [7, 11) is 0. The quantitative estimate of drug-likeness (QED) is 0.542. The maximum atomic E-state index is 9.13. The van der Waals surface area contributed by atoms with Gasteiger partial charge in [0.05, 0.1) is 24.3 Å². The topological polar surface area (TPSA) is 95.2 Å². The molecule has 0 saturated heterocycles. The minimum absolute atomic E-state index is 0.281. The van der Waals surface area contributed by atoms with Gasteiger partial charge in [-0.15, -0.1) is 0 Å². The molecule has 0 spiro atoms. The normalized spacial score (nSPS) is 32.3. The second-order valence-electron chi connectivity index (χ2n) is 3.90. The summed E-state index contributed by atoms with van der Waals surface area (Å²) in [5.74, 6) is -0.561. The van der Waals surface area contributed by atoms with Gasteiger partial charge in [-0.1, -0.05) is 12.2 Å². The number of rotatable bonds is 0. The number of nitrogens with zero attached hydrogens (tertiary/aromatic N) is 4. The lowest BCUT2D eigenvalue weighted by molar-refractivity contribution is 0.276. The molecule has 4 heteroatoms. The molecule has 0 aromatic heterocycles. The predicted molar refractivity (Wildman–Crippen MR) is 48.1 cm³/mol. The Hall–Kier alpha value is -2.30. The zero-order valence-electron chi connectivity index (χ0n) is 7.81. The molecule has 15 heavy (non-hydrogen) atoms. The van der Waals surface area contributed by atoms with Crippen molar-refractivity contribution in [1.29, 1.82) is 21.0 Å². The fourth-order valence-electron chi connectivity index (χ4n) is 2.66. The van der Waals surface area contributed by atoms with E-state index < -0.39 is 10.8 Å². The number of hydrogen-bond donors (Lipinski definition) is 0. The molecule has 2 bridgehead atoms. The fraction of sp³-hybridized carbons (Fsp3) is 0.455. The van der Waals surface area contributed by atoms with Crippen molar-refractivity contribution in [2.75, 3.05) is 0 Å². The van der Waals surface area contributed by atoms with Crippen LogP contribution in [0.2, 0.25) is 0 Å². The molecule has 2 atom stereocenters. The summed E-state index contributed by atoms with van der Waals surface area (Å²) < 4.78 is 0. The minimum atomic E-state index is -1.49. The molecular formula is C11H6N4. The van der Waals surface area contributed by atoms with Gasteiger partial charge in [-0.2, -0.15) is 21.0 Å². The molecule has 0 aromatic carbocycles. The van der Waals surface area contributed by atoms with Crippen LogP contribution in [0.15, 0.2) is 12.2 Å². The zero-order valence-corrected chi connectivity index (χ0v) is 7.81. The lowest BCUT2D eigenvalue weighted by Gasteiger charge is -2.31. The molecule has 0 amide bonds. The Morgan fingerprint density at radius 1 is 0.800 bits per heavy atom. The van der Waals surface area contributed by atoms with Gasteiger partial charge in [-0.3, -0.25) is 0 Å². The Labute approximate surface area is 87.3 Å². The molecule has 0 unspecified atom stereocenters. The van der Waals surface area contributed by atoms with E-state index in [1.165, 1.54) is 0 Å². The van der Waals surface area contributed by atoms with E-state index in [0.717, 1.165) is 0 Å². The monoisotopic (exact) mass is 194 g/mol. The van der Waals surface area contributed by atoms with Crippen molar-refractivity contribution in [3.63, 3.8) is 0 Å². The average Bonchev–Trinajstić information content (AvgIpc) is 2.85. The Morgan fingerprint density at radius 2 is 1.13 bits per heavy atom. The number of fused-ring (bicyclic) bond motifs is 2. The van der Waals surface area contributed by atoms with E-state index in [2.05, 4.69) is 0 Å². The van der Waals surface area contributed by atoms with Crippen molar-refractivity contribution in [3.8, 4) is 24.3 Å². The van der Waals surface area contributed by atoms with Crippen LogP contribution >= 0.6 is 0 Å². The van der Waals surface area contributed by atoms with E-state index in [-0.39, 0.29) is 11.8 Å². The third-order valence-electron chi connectivity index (χ3n) is 3.52. The fourth-order valence-corrected chi connectivity index (χ4v) is 2.66. The van der Waals surface area contributed by atoms with Gasteiger partial charge < -0.3 is 0 Å². The van der Waals surface area contributed by atoms with Crippen LogP contribution in [0.1, 0.15) is 6.42 Å². The second-order valence-corrected chi connectivity index (χ2v) is 3.90. The maximum absolute atomic E-state index is 9.13. The number of allylic oxidation sites excluding steroid dienone is 2. The van der Waals surface area contributed by atoms with Crippen LogP contribution in [0.3, 0.4) is 0 Å². The standard InChI is InChI=1S/C11H6N4/c12-4-10(5-13)8-1-2-9(3-8)11(10,6-14)7-15/h1-2,8-9H,3H2/t8-,9-/m1/s1. The lowest BCUT2D eigenvalue weighted by Crippen LogP contribution is -2.41. The molecule has 1 fully saturated rings. The highest BCUT2D eigenvalue weighted by Gasteiger charge is 2.69. The molecule has 0 aromatic rings. The first-order valence-electron chi connectivity index (χ1n) is 4.54. The van der Waals surface area contributed by atoms with E-state index >= 15 is 0 Å². The summed E-state index contributed by atoms with van der Waals surface area (Å²) in [6.45, 7) is 0. The van der Waals surface area contributed by atoms with Gasteiger partial charge in [0, 0.05) is 11.8 Å². The van der Waals surface area contributed by atoms with Crippen molar-refractivity contribution in [2.45, 2.75) is 6.42 Å². The van der Waals surface area contributed by atoms with Gasteiger partial charge in [-0.05, 0) is 6.42 Å². The Kier molecular flexibility index (Phi) is 1.61. The third-order valence-corrected chi connectivity index (χ3v) is 3.52. The van der Waals surface area contributed by atoms with E-state index in [4.69, 9.17) is 21.0 Å². The Morgan fingerprint density at radius 3 is 1.40 bits per heavy atom. The highest BCUT2D eigenvalue weighted by molar-refractivity contribution is 5.46. The van der Waals surface area contributed by atoms with Crippen LogP contribution in [0.25, 0.3) is 0 Å². The molecule has 0 aliphatic heterocycles. The Bertz CT molecular complexity index is 429. The van der Waals surface area contributed by atoms with Crippen molar-refractivity contribution >= 4 is 0 Å². The first-order valence-corrected chi connectivity index (χ1v) is 4.54. The molecule has 2 aliphatic rings. The van der Waals surface area contributed by atoms with Crippen molar-refractivity contribution in [2.24, 2.45) is 22.7 Å². The summed E-state index contributed by atoms with van der Waals surface area (Å²) in [6.07, 6.45) is 4.12. The van der Waals surface area contributed by atoms with E-state index in [9.17, 15) is 0 Å². The number of hydrogen-bond acceptors (Lipinski definition) is 4. The smallest absolute Gasteiger partial charge is 0.182 e. The van der Waals surface area contributed by atoms with E-state index in [0.29, 0.717) is 6.42 Å². The van der Waals surface area contributed by atoms with Gasteiger partial charge >= 0.3 is 0 Å². The highest BCUT2D eigenvalue weighted by atomic mass is 14.7. The molecule has 2 aliphatic carbocycles. The first-order chi connectivity index (χ1) is 7.20. The molecular weight excluding hydrogens is 188 g/mol. The summed E-state index contributed by atoms with van der Waals surface area (Å²) in [5.41, 5.74) is -2.98. The summed E-state index contributed by atoms with van der Waals surface area (Å²) >= 11 is 0. The second kappa shape index (κ2) is 2.60. The summed E-state index contributed by atoms with van der Waals surface area (Å²) in [6, 6.07) is 7.58. The molecule has 0 radical (unpaired) electrons. The van der Waals surface area contributed by atoms with Crippen molar-refractivity contribution in [3.05, 3.63) is 12.2 Å². The lowest BCUT2D eigenvalue weighted by atomic mass is 9.61. The van der Waals surface area contributed by atoms with Crippen LogP contribution < -0.4 is 0 Å². The zero-order chi connectivity index (χ0) is 11.1. The van der Waals surface area contributed by atoms with Gasteiger partial charge in [-0.25, -0.2) is 0 Å². The SMILES string of the molecule is N#CC1(C#N)[C@@H]2C=C[C@H](C2)C1(C#N)C#N. The van der Waals surface area contributed by atoms with Crippen molar-refractivity contribution < 1.29 is 0 Å². The summed E-state index contributed by atoms with van der Waals surface area (Å²) in [5, 5.41) is 36.5. The molecule has 1 saturated carbocycles. The van der Waals surface area contributed by atoms with Gasteiger partial charge in [0.15, 0.2) is 10.8 Å².